The molecule has 0 aromatic rings. The molecule has 11 heavy (non-hydrogen) atoms. The van der Waals surface area contributed by atoms with Gasteiger partial charge in [0.1, 0.15) is 12.2 Å². The summed E-state index contributed by atoms with van der Waals surface area (Å²) in [4.78, 5) is 20.5. The molecular formula is C6H10O5. The summed E-state index contributed by atoms with van der Waals surface area (Å²) in [6.07, 6.45) is -1.23. The summed E-state index contributed by atoms with van der Waals surface area (Å²) in [5.41, 5.74) is 0. The van der Waals surface area contributed by atoms with Gasteiger partial charge in [0.25, 0.3) is 0 Å². The van der Waals surface area contributed by atoms with E-state index in [9.17, 15) is 9.59 Å². The second-order valence-corrected chi connectivity index (χ2v) is 2.50. The van der Waals surface area contributed by atoms with Gasteiger partial charge in [-0.05, 0) is 6.92 Å². The highest BCUT2D eigenvalue weighted by atomic mass is 16.5. The fourth-order valence-corrected chi connectivity index (χ4v) is 0.605. The van der Waals surface area contributed by atoms with Crippen LogP contribution in [-0.2, 0) is 9.59 Å². The maximum Gasteiger partial charge on any atom is 0.310 e. The molecule has 0 fully saturated rings. The summed E-state index contributed by atoms with van der Waals surface area (Å²) >= 11 is 0. The number of aliphatic carboxylic acids is 1. The van der Waals surface area contributed by atoms with E-state index in [1.165, 1.54) is 0 Å². The van der Waals surface area contributed by atoms with E-state index in [0.29, 0.717) is 0 Å². The van der Waals surface area contributed by atoms with Crippen LogP contribution in [0.1, 0.15) is 19.8 Å². The van der Waals surface area contributed by atoms with Gasteiger partial charge in [-0.1, -0.05) is 0 Å². The third-order valence-corrected chi connectivity index (χ3v) is 0.880. The van der Waals surface area contributed by atoms with Crippen molar-refractivity contribution in [2.24, 2.45) is 0 Å². The first-order valence-electron chi connectivity index (χ1n) is 2.99. The quantitative estimate of drug-likeness (QED) is 0.368. The average molecular weight is 162 g/mol. The van der Waals surface area contributed by atoms with Crippen molar-refractivity contribution in [1.29, 1.82) is 0 Å². The summed E-state index contributed by atoms with van der Waals surface area (Å²) in [6, 6.07) is 0. The molecule has 64 valence electrons. The lowest BCUT2D eigenvalue weighted by atomic mass is 10.1. The van der Waals surface area contributed by atoms with Crippen molar-refractivity contribution in [3.05, 3.63) is 0 Å². The van der Waals surface area contributed by atoms with Crippen LogP contribution in [-0.4, -0.2) is 32.9 Å². The van der Waals surface area contributed by atoms with Crippen LogP contribution in [0.4, 0.5) is 0 Å². The van der Waals surface area contributed by atoms with E-state index in [1.807, 2.05) is 0 Å². The molecule has 0 aliphatic rings. The first kappa shape index (κ1) is 10.1. The third kappa shape index (κ3) is 6.95. The topological polar surface area (TPSA) is 94.8 Å². The molecule has 0 aliphatic carbocycles. The summed E-state index contributed by atoms with van der Waals surface area (Å²) in [5, 5.41) is 25.4. The van der Waals surface area contributed by atoms with E-state index in [0.717, 1.165) is 6.92 Å². The van der Waals surface area contributed by atoms with Crippen molar-refractivity contribution >= 4 is 11.8 Å². The number of carboxylic acid groups (broad SMARTS) is 1. The summed E-state index contributed by atoms with van der Waals surface area (Å²) in [7, 11) is 0. The van der Waals surface area contributed by atoms with Gasteiger partial charge in [-0.3, -0.25) is 9.59 Å². The molecule has 0 rings (SSSR count). The molecule has 0 atom stereocenters. The molecular weight excluding hydrogens is 152 g/mol. The highest BCUT2D eigenvalue weighted by molar-refractivity contribution is 5.94. The van der Waals surface area contributed by atoms with E-state index in [2.05, 4.69) is 0 Å². The number of aliphatic hydroxyl groups is 2. The van der Waals surface area contributed by atoms with Crippen molar-refractivity contribution in [3.63, 3.8) is 0 Å². The summed E-state index contributed by atoms with van der Waals surface area (Å²) in [6.45, 7) is 1.02. The number of hydrogen-bond acceptors (Lipinski definition) is 4. The van der Waals surface area contributed by atoms with Gasteiger partial charge in [-0.15, -0.1) is 0 Å². The second kappa shape index (κ2) is 3.45. The molecule has 0 radical (unpaired) electrons. The Morgan fingerprint density at radius 1 is 1.36 bits per heavy atom. The van der Waals surface area contributed by atoms with Gasteiger partial charge in [0.05, 0.1) is 6.42 Å². The van der Waals surface area contributed by atoms with Crippen LogP contribution >= 0.6 is 0 Å². The van der Waals surface area contributed by atoms with Crippen LogP contribution in [0.2, 0.25) is 0 Å². The Morgan fingerprint density at radius 3 is 2.09 bits per heavy atom. The minimum Gasteiger partial charge on any atom is -0.481 e. The SMILES string of the molecule is CC(O)(O)CC(=O)CC(=O)O. The number of rotatable bonds is 4. The van der Waals surface area contributed by atoms with Crippen LogP contribution in [0.5, 0.6) is 0 Å². The Balaban J connectivity index is 3.80. The minimum atomic E-state index is -2.10. The first-order valence-corrected chi connectivity index (χ1v) is 2.99. The summed E-state index contributed by atoms with van der Waals surface area (Å²) in [5.74, 6) is -4.07. The summed E-state index contributed by atoms with van der Waals surface area (Å²) < 4.78 is 0. The smallest absolute Gasteiger partial charge is 0.310 e. The molecule has 0 aromatic carbocycles. The molecule has 0 aliphatic heterocycles. The Kier molecular flexibility index (Phi) is 3.16. The lowest BCUT2D eigenvalue weighted by molar-refractivity contribution is -0.161. The molecule has 0 saturated heterocycles. The fraction of sp³-hybridized carbons (Fsp3) is 0.667. The van der Waals surface area contributed by atoms with E-state index < -0.39 is 30.4 Å². The molecule has 0 heterocycles. The standard InChI is InChI=1S/C6H10O5/c1-6(10,11)3-4(7)2-5(8)9/h10-11H,2-3H2,1H3,(H,8,9). The normalized spacial score (nSPS) is 11.2. The molecule has 0 spiro atoms. The Bertz CT molecular complexity index is 166. The van der Waals surface area contributed by atoms with Gasteiger partial charge in [0.2, 0.25) is 0 Å². The van der Waals surface area contributed by atoms with Crippen molar-refractivity contribution in [2.75, 3.05) is 0 Å². The number of hydrogen-bond donors (Lipinski definition) is 3. The van der Waals surface area contributed by atoms with Crippen molar-refractivity contribution < 1.29 is 24.9 Å². The number of carbonyl (C=O) groups is 2. The lowest BCUT2D eigenvalue weighted by Crippen LogP contribution is -2.27. The van der Waals surface area contributed by atoms with Crippen LogP contribution in [0.15, 0.2) is 0 Å². The van der Waals surface area contributed by atoms with Crippen LogP contribution < -0.4 is 0 Å². The fourth-order valence-electron chi connectivity index (χ4n) is 0.605. The first-order chi connectivity index (χ1) is 4.81. The number of carboxylic acids is 1. The van der Waals surface area contributed by atoms with Gasteiger partial charge in [-0.25, -0.2) is 0 Å². The molecule has 3 N–H and O–H groups in total. The van der Waals surface area contributed by atoms with Crippen LogP contribution in [0, 0.1) is 0 Å². The van der Waals surface area contributed by atoms with Crippen LogP contribution in [0.25, 0.3) is 0 Å². The zero-order valence-electron chi connectivity index (χ0n) is 6.07. The Morgan fingerprint density at radius 2 is 1.82 bits per heavy atom. The van der Waals surface area contributed by atoms with Gasteiger partial charge in [-0.2, -0.15) is 0 Å². The van der Waals surface area contributed by atoms with E-state index in [4.69, 9.17) is 15.3 Å². The Hall–Kier alpha value is -0.940. The number of carbonyl (C=O) groups excluding carboxylic acids is 1. The molecule has 5 heteroatoms. The maximum absolute atomic E-state index is 10.6. The number of Topliss-reactive ketones (excluding diaryl/α,β-unsaturated/α-hetero) is 1. The molecule has 0 aromatic heterocycles. The lowest BCUT2D eigenvalue weighted by Gasteiger charge is -2.13. The minimum absolute atomic E-state index is 0.556. The molecule has 0 saturated carbocycles. The average Bonchev–Trinajstić information content (AvgIpc) is 1.53. The third-order valence-electron chi connectivity index (χ3n) is 0.880. The zero-order valence-corrected chi connectivity index (χ0v) is 6.07. The van der Waals surface area contributed by atoms with Gasteiger partial charge >= 0.3 is 5.97 Å². The molecule has 0 amide bonds. The zero-order chi connectivity index (χ0) is 9.07. The number of ketones is 1. The van der Waals surface area contributed by atoms with Gasteiger partial charge in [0.15, 0.2) is 5.79 Å². The van der Waals surface area contributed by atoms with E-state index in [1.54, 1.807) is 0 Å². The monoisotopic (exact) mass is 162 g/mol. The van der Waals surface area contributed by atoms with Crippen molar-refractivity contribution in [1.82, 2.24) is 0 Å². The highest BCUT2D eigenvalue weighted by Gasteiger charge is 2.21. The molecule has 5 nitrogen and oxygen atoms in total. The largest absolute Gasteiger partial charge is 0.481 e. The highest BCUT2D eigenvalue weighted by Crippen LogP contribution is 2.05. The van der Waals surface area contributed by atoms with Gasteiger partial charge in [0, 0.05) is 0 Å². The second-order valence-electron chi connectivity index (χ2n) is 2.50. The van der Waals surface area contributed by atoms with Crippen LogP contribution in [0.3, 0.4) is 0 Å². The van der Waals surface area contributed by atoms with E-state index >= 15 is 0 Å². The predicted octanol–water partition coefficient (Wildman–Crippen LogP) is -0.879. The van der Waals surface area contributed by atoms with Crippen molar-refractivity contribution in [3.8, 4) is 0 Å². The predicted molar refractivity (Wildman–Crippen MR) is 34.7 cm³/mol. The molecule has 0 bridgehead atoms. The Labute approximate surface area is 63.3 Å². The van der Waals surface area contributed by atoms with Gasteiger partial charge < -0.3 is 15.3 Å². The van der Waals surface area contributed by atoms with Crippen molar-refractivity contribution in [2.45, 2.75) is 25.6 Å². The maximum atomic E-state index is 10.6. The molecule has 0 unspecified atom stereocenters. The van der Waals surface area contributed by atoms with E-state index in [-0.39, 0.29) is 0 Å².